The lowest BCUT2D eigenvalue weighted by atomic mass is 10.0. The monoisotopic (exact) mass is 164 g/mol. The molecule has 1 aromatic rings. The van der Waals surface area contributed by atoms with Crippen LogP contribution in [0.15, 0.2) is 24.3 Å². The van der Waals surface area contributed by atoms with Gasteiger partial charge in [-0.15, -0.1) is 0 Å². The summed E-state index contributed by atoms with van der Waals surface area (Å²) in [6.07, 6.45) is 1.20. The van der Waals surface area contributed by atoms with Gasteiger partial charge in [-0.3, -0.25) is 0 Å². The molecule has 2 atom stereocenters. The molecule has 1 aliphatic carbocycles. The van der Waals surface area contributed by atoms with Crippen molar-refractivity contribution in [3.8, 4) is 0 Å². The molecule has 0 saturated heterocycles. The van der Waals surface area contributed by atoms with Crippen LogP contribution in [0.1, 0.15) is 35.6 Å². The number of rotatable bonds is 0. The second-order valence-electron chi connectivity index (χ2n) is 3.28. The molecule has 2 unspecified atom stereocenters. The van der Waals surface area contributed by atoms with Crippen LogP contribution in [0.2, 0.25) is 0 Å². The highest BCUT2D eigenvalue weighted by Crippen LogP contribution is 2.42. The molecule has 0 fully saturated rings. The molecule has 0 spiro atoms. The van der Waals surface area contributed by atoms with Gasteiger partial charge in [0, 0.05) is 5.25 Å². The number of hydrogen-bond acceptors (Lipinski definition) is 1. The average molecular weight is 164 g/mol. The van der Waals surface area contributed by atoms with Crippen molar-refractivity contribution in [3.05, 3.63) is 35.4 Å². The third-order valence-electron chi connectivity index (χ3n) is 2.46. The molecule has 0 radical (unpaired) electrons. The van der Waals surface area contributed by atoms with Crippen LogP contribution in [0.5, 0.6) is 0 Å². The van der Waals surface area contributed by atoms with E-state index >= 15 is 0 Å². The van der Waals surface area contributed by atoms with Crippen molar-refractivity contribution in [2.75, 3.05) is 0 Å². The van der Waals surface area contributed by atoms with Crippen molar-refractivity contribution in [1.82, 2.24) is 0 Å². The van der Waals surface area contributed by atoms with Gasteiger partial charge in [-0.1, -0.05) is 31.2 Å². The normalized spacial score (nSPS) is 28.5. The summed E-state index contributed by atoms with van der Waals surface area (Å²) in [6.45, 7) is 2.27. The molecule has 11 heavy (non-hydrogen) atoms. The van der Waals surface area contributed by atoms with Crippen LogP contribution in [0.4, 0.5) is 0 Å². The average Bonchev–Trinajstić information content (AvgIpc) is 2.30. The van der Waals surface area contributed by atoms with Crippen LogP contribution in [-0.4, -0.2) is 0 Å². The molecule has 1 heteroatoms. The topological polar surface area (TPSA) is 0 Å². The van der Waals surface area contributed by atoms with Gasteiger partial charge in [-0.2, -0.15) is 12.6 Å². The molecule has 0 amide bonds. The molecular formula is C10H12S. The first-order valence-corrected chi connectivity index (χ1v) is 4.57. The van der Waals surface area contributed by atoms with Crippen molar-refractivity contribution in [3.63, 3.8) is 0 Å². The lowest BCUT2D eigenvalue weighted by Gasteiger charge is -2.01. The molecule has 0 saturated carbocycles. The van der Waals surface area contributed by atoms with Crippen molar-refractivity contribution in [2.24, 2.45) is 0 Å². The van der Waals surface area contributed by atoms with Gasteiger partial charge in [0.2, 0.25) is 0 Å². The van der Waals surface area contributed by atoms with E-state index in [1.165, 1.54) is 17.5 Å². The Balaban J connectivity index is 2.52. The van der Waals surface area contributed by atoms with Gasteiger partial charge >= 0.3 is 0 Å². The van der Waals surface area contributed by atoms with Crippen LogP contribution in [0, 0.1) is 0 Å². The van der Waals surface area contributed by atoms with E-state index in [-0.39, 0.29) is 0 Å². The molecule has 1 aliphatic rings. The predicted molar refractivity (Wildman–Crippen MR) is 51.2 cm³/mol. The highest BCUT2D eigenvalue weighted by atomic mass is 32.1. The summed E-state index contributed by atoms with van der Waals surface area (Å²) in [6, 6.07) is 8.62. The fourth-order valence-corrected chi connectivity index (χ4v) is 2.40. The van der Waals surface area contributed by atoms with Crippen LogP contribution in [0.25, 0.3) is 0 Å². The summed E-state index contributed by atoms with van der Waals surface area (Å²) in [5, 5.41) is 0.473. The summed E-state index contributed by atoms with van der Waals surface area (Å²) in [7, 11) is 0. The summed E-state index contributed by atoms with van der Waals surface area (Å²) < 4.78 is 0. The molecule has 1 aromatic carbocycles. The van der Waals surface area contributed by atoms with Crippen molar-refractivity contribution < 1.29 is 0 Å². The Kier molecular flexibility index (Phi) is 1.68. The minimum atomic E-state index is 0.473. The highest BCUT2D eigenvalue weighted by molar-refractivity contribution is 7.80. The van der Waals surface area contributed by atoms with Gasteiger partial charge < -0.3 is 0 Å². The van der Waals surface area contributed by atoms with Crippen LogP contribution < -0.4 is 0 Å². The summed E-state index contributed by atoms with van der Waals surface area (Å²) in [5.74, 6) is 0.702. The molecule has 0 nitrogen and oxygen atoms in total. The van der Waals surface area contributed by atoms with E-state index in [0.717, 1.165) is 0 Å². The molecule has 0 bridgehead atoms. The van der Waals surface area contributed by atoms with Gasteiger partial charge in [0.05, 0.1) is 0 Å². The van der Waals surface area contributed by atoms with Crippen LogP contribution in [0.3, 0.4) is 0 Å². The lowest BCUT2D eigenvalue weighted by molar-refractivity contribution is 0.740. The van der Waals surface area contributed by atoms with Gasteiger partial charge in [0.1, 0.15) is 0 Å². The maximum absolute atomic E-state index is 4.53. The second kappa shape index (κ2) is 2.56. The SMILES string of the molecule is CC1CC(S)c2ccccc21. The van der Waals surface area contributed by atoms with E-state index in [4.69, 9.17) is 0 Å². The molecule has 0 N–H and O–H groups in total. The fraction of sp³-hybridized carbons (Fsp3) is 0.400. The van der Waals surface area contributed by atoms with E-state index in [1.54, 1.807) is 0 Å². The zero-order valence-electron chi connectivity index (χ0n) is 6.62. The van der Waals surface area contributed by atoms with E-state index in [9.17, 15) is 0 Å². The predicted octanol–water partition coefficient (Wildman–Crippen LogP) is 3.16. The minimum absolute atomic E-state index is 0.473. The second-order valence-corrected chi connectivity index (χ2v) is 3.90. The highest BCUT2D eigenvalue weighted by Gasteiger charge is 2.24. The molecule has 0 aromatic heterocycles. The van der Waals surface area contributed by atoms with Gasteiger partial charge in [0.15, 0.2) is 0 Å². The standard InChI is InChI=1S/C10H12S/c1-7-6-10(11)9-5-3-2-4-8(7)9/h2-5,7,10-11H,6H2,1H3. The molecule has 0 heterocycles. The number of hydrogen-bond donors (Lipinski definition) is 1. The molecule has 2 rings (SSSR count). The summed E-state index contributed by atoms with van der Waals surface area (Å²) in [5.41, 5.74) is 2.93. The van der Waals surface area contributed by atoms with Gasteiger partial charge in [-0.05, 0) is 23.5 Å². The number of benzene rings is 1. The first kappa shape index (κ1) is 7.23. The quantitative estimate of drug-likeness (QED) is 0.559. The van der Waals surface area contributed by atoms with E-state index in [1.807, 2.05) is 0 Å². The van der Waals surface area contributed by atoms with E-state index in [2.05, 4.69) is 43.8 Å². The third-order valence-corrected chi connectivity index (χ3v) is 2.95. The van der Waals surface area contributed by atoms with E-state index in [0.29, 0.717) is 11.2 Å². The van der Waals surface area contributed by atoms with Crippen molar-refractivity contribution >= 4 is 12.6 Å². The Bertz CT molecular complexity index is 240. The Morgan fingerprint density at radius 2 is 1.91 bits per heavy atom. The zero-order valence-corrected chi connectivity index (χ0v) is 7.51. The van der Waals surface area contributed by atoms with Crippen molar-refractivity contribution in [1.29, 1.82) is 0 Å². The van der Waals surface area contributed by atoms with Crippen molar-refractivity contribution in [2.45, 2.75) is 24.5 Å². The Morgan fingerprint density at radius 3 is 2.55 bits per heavy atom. The van der Waals surface area contributed by atoms with Gasteiger partial charge in [0.25, 0.3) is 0 Å². The fourth-order valence-electron chi connectivity index (χ4n) is 1.85. The summed E-state index contributed by atoms with van der Waals surface area (Å²) in [4.78, 5) is 0. The first-order chi connectivity index (χ1) is 5.29. The van der Waals surface area contributed by atoms with Gasteiger partial charge in [-0.25, -0.2) is 0 Å². The molecule has 0 aliphatic heterocycles. The Morgan fingerprint density at radius 1 is 1.27 bits per heavy atom. The molecule has 58 valence electrons. The third kappa shape index (κ3) is 1.08. The summed E-state index contributed by atoms with van der Waals surface area (Å²) >= 11 is 4.53. The molecular weight excluding hydrogens is 152 g/mol. The lowest BCUT2D eigenvalue weighted by Crippen LogP contribution is -1.83. The van der Waals surface area contributed by atoms with E-state index < -0.39 is 0 Å². The first-order valence-electron chi connectivity index (χ1n) is 4.06. The smallest absolute Gasteiger partial charge is 0.0275 e. The Labute approximate surface area is 73.0 Å². The van der Waals surface area contributed by atoms with Crippen LogP contribution in [-0.2, 0) is 0 Å². The zero-order chi connectivity index (χ0) is 7.84. The maximum Gasteiger partial charge on any atom is 0.0275 e. The minimum Gasteiger partial charge on any atom is -0.171 e. The maximum atomic E-state index is 4.53. The largest absolute Gasteiger partial charge is 0.171 e. The Hall–Kier alpha value is -0.430. The number of thiol groups is 1. The van der Waals surface area contributed by atoms with Crippen LogP contribution >= 0.6 is 12.6 Å². The number of fused-ring (bicyclic) bond motifs is 1.